The second-order valence-electron chi connectivity index (χ2n) is 8.06. The second-order valence-corrected chi connectivity index (χ2v) is 8.06. The van der Waals surface area contributed by atoms with Crippen molar-refractivity contribution in [3.63, 3.8) is 0 Å². The van der Waals surface area contributed by atoms with E-state index in [0.29, 0.717) is 12.0 Å². The van der Waals surface area contributed by atoms with E-state index in [-0.39, 0.29) is 29.5 Å². The summed E-state index contributed by atoms with van der Waals surface area (Å²) in [6.07, 6.45) is 0.663. The molecule has 1 heterocycles. The van der Waals surface area contributed by atoms with E-state index in [1.54, 1.807) is 32.9 Å². The number of hydrogen-bond acceptors (Lipinski definition) is 4. The first-order valence-electron chi connectivity index (χ1n) is 9.70. The van der Waals surface area contributed by atoms with Crippen LogP contribution < -0.4 is 0 Å². The molecule has 1 N–H and O–H groups in total. The zero-order valence-corrected chi connectivity index (χ0v) is 17.5. The standard InChI is InChI=1S/C24H27FO4/c1-6-15-13-17(16-7-10-18(25)11-8-16)9-12-19(15)20-21(26)23(2,3)29-24(4,14-28-5)22(20)27/h7-13,26H,6,14H2,1-5H3. The second kappa shape index (κ2) is 7.73. The van der Waals surface area contributed by atoms with E-state index in [0.717, 1.165) is 16.7 Å². The summed E-state index contributed by atoms with van der Waals surface area (Å²) in [5.74, 6) is -0.677. The number of ketones is 1. The van der Waals surface area contributed by atoms with Gasteiger partial charge in [-0.2, -0.15) is 0 Å². The summed E-state index contributed by atoms with van der Waals surface area (Å²) >= 11 is 0. The molecule has 2 aromatic carbocycles. The molecule has 0 fully saturated rings. The molecule has 1 aliphatic heterocycles. The van der Waals surface area contributed by atoms with E-state index in [1.807, 2.05) is 25.1 Å². The Morgan fingerprint density at radius 3 is 2.28 bits per heavy atom. The van der Waals surface area contributed by atoms with Gasteiger partial charge in [0, 0.05) is 7.11 Å². The zero-order valence-electron chi connectivity index (χ0n) is 17.5. The molecule has 4 nitrogen and oxygen atoms in total. The third-order valence-corrected chi connectivity index (χ3v) is 5.35. The van der Waals surface area contributed by atoms with Crippen molar-refractivity contribution in [2.24, 2.45) is 0 Å². The number of methoxy groups -OCH3 is 1. The van der Waals surface area contributed by atoms with Crippen molar-refractivity contribution in [3.05, 3.63) is 65.2 Å². The quantitative estimate of drug-likeness (QED) is 0.761. The van der Waals surface area contributed by atoms with Gasteiger partial charge in [0.1, 0.15) is 17.2 Å². The minimum atomic E-state index is -1.19. The summed E-state index contributed by atoms with van der Waals surface area (Å²) in [6.45, 7) is 7.24. The Balaban J connectivity index is 2.15. The van der Waals surface area contributed by atoms with E-state index in [2.05, 4.69) is 0 Å². The number of benzene rings is 2. The minimum absolute atomic E-state index is 0.0830. The smallest absolute Gasteiger partial charge is 0.200 e. The first kappa shape index (κ1) is 21.2. The summed E-state index contributed by atoms with van der Waals surface area (Å²) in [7, 11) is 1.52. The van der Waals surface area contributed by atoms with Crippen LogP contribution in [0.3, 0.4) is 0 Å². The molecule has 5 heteroatoms. The van der Waals surface area contributed by atoms with Crippen molar-refractivity contribution in [2.75, 3.05) is 13.7 Å². The van der Waals surface area contributed by atoms with Crippen molar-refractivity contribution in [1.82, 2.24) is 0 Å². The molecule has 0 aliphatic carbocycles. The number of rotatable bonds is 5. The maximum Gasteiger partial charge on any atom is 0.200 e. The molecular formula is C24H27FO4. The highest BCUT2D eigenvalue weighted by Crippen LogP contribution is 2.41. The average molecular weight is 398 g/mol. The molecule has 154 valence electrons. The minimum Gasteiger partial charge on any atom is -0.508 e. The summed E-state index contributed by atoms with van der Waals surface area (Å²) in [6, 6.07) is 12.0. The number of carbonyl (C=O) groups excluding carboxylic acids is 1. The van der Waals surface area contributed by atoms with Gasteiger partial charge < -0.3 is 14.6 Å². The van der Waals surface area contributed by atoms with Crippen LogP contribution in [0, 0.1) is 5.82 Å². The third-order valence-electron chi connectivity index (χ3n) is 5.35. The topological polar surface area (TPSA) is 55.8 Å². The number of ether oxygens (including phenoxy) is 2. The lowest BCUT2D eigenvalue weighted by Crippen LogP contribution is -2.53. The maximum absolute atomic E-state index is 13.3. The lowest BCUT2D eigenvalue weighted by Gasteiger charge is -2.42. The first-order chi connectivity index (χ1) is 13.6. The molecule has 0 radical (unpaired) electrons. The number of Topliss-reactive ketones (excluding diaryl/α,β-unsaturated/α-hetero) is 1. The summed E-state index contributed by atoms with van der Waals surface area (Å²) < 4.78 is 24.4. The molecule has 0 saturated carbocycles. The van der Waals surface area contributed by atoms with E-state index in [1.165, 1.54) is 19.2 Å². The summed E-state index contributed by atoms with van der Waals surface area (Å²) in [5, 5.41) is 10.9. The SMILES string of the molecule is CCc1cc(-c2ccc(F)cc2)ccc1C1=C(O)C(C)(C)OC(C)(COC)C1=O. The van der Waals surface area contributed by atoms with E-state index in [9.17, 15) is 14.3 Å². The summed E-state index contributed by atoms with van der Waals surface area (Å²) in [4.78, 5) is 13.3. The molecule has 1 unspecified atom stereocenters. The molecule has 2 aromatic rings. The highest BCUT2D eigenvalue weighted by atomic mass is 19.1. The predicted octanol–water partition coefficient (Wildman–Crippen LogP) is 5.11. The molecular weight excluding hydrogens is 371 g/mol. The molecule has 1 atom stereocenters. The fourth-order valence-electron chi connectivity index (χ4n) is 3.90. The van der Waals surface area contributed by atoms with Crippen LogP contribution in [-0.2, 0) is 20.7 Å². The fraction of sp³-hybridized carbons (Fsp3) is 0.375. The van der Waals surface area contributed by atoms with Gasteiger partial charge in [-0.05, 0) is 61.6 Å². The van der Waals surface area contributed by atoms with Crippen molar-refractivity contribution in [2.45, 2.75) is 45.3 Å². The highest BCUT2D eigenvalue weighted by molar-refractivity contribution is 6.26. The maximum atomic E-state index is 13.3. The van der Waals surface area contributed by atoms with Gasteiger partial charge >= 0.3 is 0 Å². The van der Waals surface area contributed by atoms with E-state index in [4.69, 9.17) is 9.47 Å². The predicted molar refractivity (Wildman–Crippen MR) is 111 cm³/mol. The molecule has 29 heavy (non-hydrogen) atoms. The van der Waals surface area contributed by atoms with Gasteiger partial charge in [0.2, 0.25) is 5.78 Å². The number of hydrogen-bond donors (Lipinski definition) is 1. The largest absolute Gasteiger partial charge is 0.508 e. The van der Waals surface area contributed by atoms with Crippen LogP contribution >= 0.6 is 0 Å². The average Bonchev–Trinajstić information content (AvgIpc) is 2.67. The molecule has 0 bridgehead atoms. The Kier molecular flexibility index (Phi) is 5.65. The number of halogens is 1. The number of aryl methyl sites for hydroxylation is 1. The Morgan fingerprint density at radius 2 is 1.69 bits per heavy atom. The van der Waals surface area contributed by atoms with Crippen LogP contribution in [0.4, 0.5) is 4.39 Å². The van der Waals surface area contributed by atoms with Crippen LogP contribution in [0.15, 0.2) is 48.2 Å². The van der Waals surface area contributed by atoms with Gasteiger partial charge in [0.05, 0.1) is 12.2 Å². The molecule has 0 spiro atoms. The van der Waals surface area contributed by atoms with Crippen molar-refractivity contribution >= 4 is 11.4 Å². The number of aliphatic hydroxyl groups excluding tert-OH is 1. The van der Waals surface area contributed by atoms with Crippen LogP contribution in [0.1, 0.15) is 38.8 Å². The summed E-state index contributed by atoms with van der Waals surface area (Å²) in [5.41, 5.74) is 1.44. The third kappa shape index (κ3) is 3.85. The lowest BCUT2D eigenvalue weighted by molar-refractivity contribution is -0.173. The van der Waals surface area contributed by atoms with Crippen LogP contribution in [0.5, 0.6) is 0 Å². The first-order valence-corrected chi connectivity index (χ1v) is 9.70. The van der Waals surface area contributed by atoms with Crippen LogP contribution in [-0.4, -0.2) is 35.8 Å². The Labute approximate surface area is 171 Å². The van der Waals surface area contributed by atoms with E-state index >= 15 is 0 Å². The van der Waals surface area contributed by atoms with Crippen molar-refractivity contribution in [3.8, 4) is 11.1 Å². The van der Waals surface area contributed by atoms with Gasteiger partial charge in [0.25, 0.3) is 0 Å². The molecule has 1 aliphatic rings. The molecule has 0 saturated heterocycles. The van der Waals surface area contributed by atoms with Crippen LogP contribution in [0.2, 0.25) is 0 Å². The highest BCUT2D eigenvalue weighted by Gasteiger charge is 2.50. The van der Waals surface area contributed by atoms with Gasteiger partial charge in [-0.25, -0.2) is 4.39 Å². The molecule has 3 rings (SSSR count). The molecule has 0 amide bonds. The zero-order chi connectivity index (χ0) is 21.4. The van der Waals surface area contributed by atoms with Crippen molar-refractivity contribution < 1.29 is 23.8 Å². The number of carbonyl (C=O) groups is 1. The fourth-order valence-corrected chi connectivity index (χ4v) is 3.90. The number of aliphatic hydroxyl groups is 1. The Hall–Kier alpha value is -2.50. The van der Waals surface area contributed by atoms with Crippen molar-refractivity contribution in [1.29, 1.82) is 0 Å². The Morgan fingerprint density at radius 1 is 1.07 bits per heavy atom. The van der Waals surface area contributed by atoms with Gasteiger partial charge in [-0.1, -0.05) is 37.3 Å². The normalized spacial score (nSPS) is 21.5. The monoisotopic (exact) mass is 398 g/mol. The lowest BCUT2D eigenvalue weighted by atomic mass is 9.80. The Bertz CT molecular complexity index is 959. The molecule has 0 aromatic heterocycles. The van der Waals surface area contributed by atoms with Gasteiger partial charge in [-0.3, -0.25) is 4.79 Å². The van der Waals surface area contributed by atoms with Gasteiger partial charge in [-0.15, -0.1) is 0 Å². The van der Waals surface area contributed by atoms with Gasteiger partial charge in [0.15, 0.2) is 5.60 Å². The van der Waals surface area contributed by atoms with Crippen LogP contribution in [0.25, 0.3) is 16.7 Å². The van der Waals surface area contributed by atoms with E-state index < -0.39 is 11.2 Å².